The average molecular weight is 162 g/mol. The standard InChI is InChI=1S/C12H18/c1-2-10-7-5-8-11-6-3-4-9-12(10)11/h8H,2-7,9H2,1H3. The molecule has 0 aromatic carbocycles. The molecule has 0 atom stereocenters. The van der Waals surface area contributed by atoms with Crippen molar-refractivity contribution in [2.75, 3.05) is 0 Å². The molecule has 0 aromatic rings. The van der Waals surface area contributed by atoms with Crippen molar-refractivity contribution in [3.8, 4) is 0 Å². The van der Waals surface area contributed by atoms with Gasteiger partial charge in [0.25, 0.3) is 0 Å². The van der Waals surface area contributed by atoms with Crippen LogP contribution < -0.4 is 0 Å². The molecule has 0 amide bonds. The zero-order valence-corrected chi connectivity index (χ0v) is 8.03. The third-order valence-corrected chi connectivity index (χ3v) is 3.20. The molecule has 0 N–H and O–H groups in total. The Morgan fingerprint density at radius 1 is 1.17 bits per heavy atom. The van der Waals surface area contributed by atoms with E-state index in [4.69, 9.17) is 0 Å². The van der Waals surface area contributed by atoms with Crippen LogP contribution in [0, 0.1) is 0 Å². The van der Waals surface area contributed by atoms with E-state index >= 15 is 0 Å². The van der Waals surface area contributed by atoms with E-state index in [1.165, 1.54) is 44.9 Å². The second kappa shape index (κ2) is 3.47. The Morgan fingerprint density at radius 2 is 2.00 bits per heavy atom. The highest BCUT2D eigenvalue weighted by atomic mass is 14.2. The first-order chi connectivity index (χ1) is 5.92. The molecule has 1 fully saturated rings. The fourth-order valence-electron chi connectivity index (χ4n) is 2.52. The second-order valence-electron chi connectivity index (χ2n) is 3.91. The second-order valence-corrected chi connectivity index (χ2v) is 3.91. The molecule has 66 valence electrons. The first-order valence-electron chi connectivity index (χ1n) is 5.32. The third kappa shape index (κ3) is 1.35. The molecule has 0 aromatic heterocycles. The van der Waals surface area contributed by atoms with Crippen LogP contribution in [0.4, 0.5) is 0 Å². The van der Waals surface area contributed by atoms with Gasteiger partial charge in [0, 0.05) is 0 Å². The Balaban J connectivity index is 2.27. The molecular weight excluding hydrogens is 144 g/mol. The van der Waals surface area contributed by atoms with Crippen molar-refractivity contribution in [1.82, 2.24) is 0 Å². The number of hydrogen-bond donors (Lipinski definition) is 0. The summed E-state index contributed by atoms with van der Waals surface area (Å²) in [5.74, 6) is 0. The summed E-state index contributed by atoms with van der Waals surface area (Å²) in [5, 5.41) is 0. The maximum atomic E-state index is 2.48. The minimum Gasteiger partial charge on any atom is -0.0807 e. The minimum absolute atomic E-state index is 1.28. The molecule has 0 heterocycles. The van der Waals surface area contributed by atoms with Gasteiger partial charge in [-0.05, 0) is 56.1 Å². The Labute approximate surface area is 75.4 Å². The van der Waals surface area contributed by atoms with E-state index < -0.39 is 0 Å². The maximum absolute atomic E-state index is 2.48. The molecular formula is C12H18. The van der Waals surface area contributed by atoms with Crippen LogP contribution in [0.5, 0.6) is 0 Å². The van der Waals surface area contributed by atoms with Gasteiger partial charge in [-0.25, -0.2) is 0 Å². The summed E-state index contributed by atoms with van der Waals surface area (Å²) in [6.45, 7) is 2.31. The lowest BCUT2D eigenvalue weighted by atomic mass is 9.81. The zero-order chi connectivity index (χ0) is 8.39. The molecule has 2 rings (SSSR count). The summed E-state index contributed by atoms with van der Waals surface area (Å²) < 4.78 is 0. The van der Waals surface area contributed by atoms with Crippen molar-refractivity contribution in [3.63, 3.8) is 0 Å². The van der Waals surface area contributed by atoms with Crippen LogP contribution in [0.1, 0.15) is 51.9 Å². The van der Waals surface area contributed by atoms with Crippen LogP contribution in [0.2, 0.25) is 0 Å². The molecule has 0 aliphatic heterocycles. The highest BCUT2D eigenvalue weighted by molar-refractivity contribution is 5.39. The smallest absolute Gasteiger partial charge is 0.0277 e. The van der Waals surface area contributed by atoms with Crippen molar-refractivity contribution in [2.45, 2.75) is 51.9 Å². The molecule has 2 aliphatic carbocycles. The Hall–Kier alpha value is -0.520. The van der Waals surface area contributed by atoms with Gasteiger partial charge >= 0.3 is 0 Å². The zero-order valence-electron chi connectivity index (χ0n) is 8.03. The fourth-order valence-corrected chi connectivity index (χ4v) is 2.52. The van der Waals surface area contributed by atoms with Gasteiger partial charge in [0.05, 0.1) is 0 Å². The van der Waals surface area contributed by atoms with E-state index in [-0.39, 0.29) is 0 Å². The van der Waals surface area contributed by atoms with Gasteiger partial charge in [-0.15, -0.1) is 0 Å². The SMILES string of the molecule is CCC1=C2CCCCC2=CCC1. The van der Waals surface area contributed by atoms with Crippen LogP contribution in [0.3, 0.4) is 0 Å². The summed E-state index contributed by atoms with van der Waals surface area (Å²) in [6, 6.07) is 0. The fraction of sp³-hybridized carbons (Fsp3) is 0.667. The van der Waals surface area contributed by atoms with E-state index in [9.17, 15) is 0 Å². The quantitative estimate of drug-likeness (QED) is 0.547. The molecule has 0 unspecified atom stereocenters. The maximum Gasteiger partial charge on any atom is -0.0277 e. The lowest BCUT2D eigenvalue weighted by Gasteiger charge is -2.25. The van der Waals surface area contributed by atoms with Crippen molar-refractivity contribution in [3.05, 3.63) is 22.8 Å². The van der Waals surface area contributed by atoms with E-state index in [1.54, 1.807) is 16.7 Å². The normalized spacial score (nSPS) is 23.6. The number of rotatable bonds is 1. The Kier molecular flexibility index (Phi) is 2.34. The van der Waals surface area contributed by atoms with Crippen LogP contribution in [0.15, 0.2) is 22.8 Å². The van der Waals surface area contributed by atoms with E-state index in [2.05, 4.69) is 13.0 Å². The number of hydrogen-bond acceptors (Lipinski definition) is 0. The van der Waals surface area contributed by atoms with Gasteiger partial charge in [0.15, 0.2) is 0 Å². The largest absolute Gasteiger partial charge is 0.0807 e. The highest BCUT2D eigenvalue weighted by Gasteiger charge is 2.17. The van der Waals surface area contributed by atoms with Crippen molar-refractivity contribution in [2.24, 2.45) is 0 Å². The molecule has 0 bridgehead atoms. The minimum atomic E-state index is 1.28. The summed E-state index contributed by atoms with van der Waals surface area (Å²) in [7, 11) is 0. The van der Waals surface area contributed by atoms with Gasteiger partial charge < -0.3 is 0 Å². The van der Waals surface area contributed by atoms with E-state index in [0.717, 1.165) is 0 Å². The lowest BCUT2D eigenvalue weighted by Crippen LogP contribution is -2.06. The van der Waals surface area contributed by atoms with Crippen molar-refractivity contribution in [1.29, 1.82) is 0 Å². The van der Waals surface area contributed by atoms with E-state index in [1.807, 2.05) is 0 Å². The monoisotopic (exact) mass is 162 g/mol. The molecule has 0 radical (unpaired) electrons. The summed E-state index contributed by atoms with van der Waals surface area (Å²) in [4.78, 5) is 0. The van der Waals surface area contributed by atoms with Gasteiger partial charge in [0.1, 0.15) is 0 Å². The Bertz CT molecular complexity index is 230. The first kappa shape index (κ1) is 8.10. The molecule has 1 saturated carbocycles. The van der Waals surface area contributed by atoms with Crippen LogP contribution in [-0.4, -0.2) is 0 Å². The molecule has 0 spiro atoms. The van der Waals surface area contributed by atoms with Gasteiger partial charge in [-0.2, -0.15) is 0 Å². The average Bonchev–Trinajstić information content (AvgIpc) is 2.17. The van der Waals surface area contributed by atoms with Gasteiger partial charge in [0.2, 0.25) is 0 Å². The first-order valence-corrected chi connectivity index (χ1v) is 5.32. The topological polar surface area (TPSA) is 0 Å². The summed E-state index contributed by atoms with van der Waals surface area (Å²) >= 11 is 0. The van der Waals surface area contributed by atoms with Crippen LogP contribution in [0.25, 0.3) is 0 Å². The summed E-state index contributed by atoms with van der Waals surface area (Å²) in [6.07, 6.45) is 12.0. The van der Waals surface area contributed by atoms with Gasteiger partial charge in [-0.1, -0.05) is 18.6 Å². The predicted octanol–water partition coefficient (Wildman–Crippen LogP) is 3.99. The van der Waals surface area contributed by atoms with E-state index in [0.29, 0.717) is 0 Å². The van der Waals surface area contributed by atoms with Gasteiger partial charge in [-0.3, -0.25) is 0 Å². The number of allylic oxidation sites excluding steroid dienone is 4. The molecule has 0 nitrogen and oxygen atoms in total. The van der Waals surface area contributed by atoms with Crippen molar-refractivity contribution >= 4 is 0 Å². The molecule has 2 aliphatic rings. The molecule has 0 saturated heterocycles. The Morgan fingerprint density at radius 3 is 2.83 bits per heavy atom. The van der Waals surface area contributed by atoms with Crippen LogP contribution in [-0.2, 0) is 0 Å². The van der Waals surface area contributed by atoms with Crippen molar-refractivity contribution < 1.29 is 0 Å². The third-order valence-electron chi connectivity index (χ3n) is 3.20. The predicted molar refractivity (Wildman–Crippen MR) is 53.1 cm³/mol. The molecule has 12 heavy (non-hydrogen) atoms. The summed E-state index contributed by atoms with van der Waals surface area (Å²) in [5.41, 5.74) is 5.20. The lowest BCUT2D eigenvalue weighted by molar-refractivity contribution is 0.650. The molecule has 0 heteroatoms. The number of fused-ring (bicyclic) bond motifs is 1. The highest BCUT2D eigenvalue weighted by Crippen LogP contribution is 2.36. The van der Waals surface area contributed by atoms with Crippen LogP contribution >= 0.6 is 0 Å².